The molecule has 15 heavy (non-hydrogen) atoms. The fourth-order valence-electron chi connectivity index (χ4n) is 1.13. The molecule has 0 radical (unpaired) electrons. The Kier molecular flexibility index (Phi) is 3.39. The molecule has 1 aromatic carbocycles. The molecule has 0 saturated heterocycles. The molecule has 0 heterocycles. The van der Waals surface area contributed by atoms with Crippen LogP contribution in [0.2, 0.25) is 0 Å². The van der Waals surface area contributed by atoms with E-state index in [9.17, 15) is 9.59 Å². The van der Waals surface area contributed by atoms with E-state index in [-0.39, 0.29) is 11.4 Å². The molecule has 0 spiro atoms. The number of Topliss-reactive ketones (excluding diaryl/α,β-unsaturated/α-hetero) is 1. The van der Waals surface area contributed by atoms with Crippen molar-refractivity contribution in [1.82, 2.24) is 0 Å². The summed E-state index contributed by atoms with van der Waals surface area (Å²) in [5, 5.41) is 8.66. The van der Waals surface area contributed by atoms with Crippen molar-refractivity contribution in [3.8, 4) is 0 Å². The number of benzene rings is 1. The van der Waals surface area contributed by atoms with Gasteiger partial charge in [0.05, 0.1) is 0 Å². The average molecular weight is 204 g/mol. The Morgan fingerprint density at radius 3 is 2.07 bits per heavy atom. The van der Waals surface area contributed by atoms with Crippen molar-refractivity contribution >= 4 is 17.8 Å². The van der Waals surface area contributed by atoms with Gasteiger partial charge in [-0.25, -0.2) is 4.79 Å². The van der Waals surface area contributed by atoms with Gasteiger partial charge in [0, 0.05) is 11.1 Å². The summed E-state index contributed by atoms with van der Waals surface area (Å²) in [6.45, 7) is 3.02. The minimum atomic E-state index is -0.939. The predicted octanol–water partition coefficient (Wildman–Crippen LogP) is 2.38. The Bertz CT molecular complexity index is 413. The minimum absolute atomic E-state index is 0.000450. The molecule has 0 bridgehead atoms. The molecule has 0 aromatic heterocycles. The molecule has 0 fully saturated rings. The lowest BCUT2D eigenvalue weighted by molar-refractivity contribution is -0.132. The van der Waals surface area contributed by atoms with Gasteiger partial charge < -0.3 is 5.11 Å². The maximum atomic E-state index is 11.0. The minimum Gasteiger partial charge on any atom is -0.478 e. The third kappa shape index (κ3) is 3.06. The van der Waals surface area contributed by atoms with Crippen LogP contribution in [0.25, 0.3) is 6.08 Å². The number of carbonyl (C=O) groups is 2. The number of carboxylic acid groups (broad SMARTS) is 1. The largest absolute Gasteiger partial charge is 0.478 e. The Balaban J connectivity index is 2.95. The summed E-state index contributed by atoms with van der Waals surface area (Å²) in [6.07, 6.45) is 1.56. The first-order chi connectivity index (χ1) is 7.00. The quantitative estimate of drug-likeness (QED) is 0.607. The van der Waals surface area contributed by atoms with Crippen molar-refractivity contribution in [3.05, 3.63) is 41.0 Å². The second-order valence-corrected chi connectivity index (χ2v) is 3.31. The first kappa shape index (κ1) is 11.2. The molecule has 0 aliphatic rings. The van der Waals surface area contributed by atoms with E-state index in [1.165, 1.54) is 13.8 Å². The molecule has 0 aliphatic carbocycles. The van der Waals surface area contributed by atoms with Gasteiger partial charge in [-0.05, 0) is 25.5 Å². The van der Waals surface area contributed by atoms with Crippen LogP contribution in [-0.2, 0) is 4.79 Å². The summed E-state index contributed by atoms with van der Waals surface area (Å²) in [6, 6.07) is 6.82. The molecule has 1 aromatic rings. The molecule has 3 heteroatoms. The number of carbonyl (C=O) groups excluding carboxylic acids is 1. The Hall–Kier alpha value is -1.90. The standard InChI is InChI=1S/C12H12O3/c1-8(12(14)15)7-10-3-5-11(6-4-10)9(2)13/h3-7H,1-2H3,(H,14,15)/b8-7+. The van der Waals surface area contributed by atoms with Gasteiger partial charge in [0.15, 0.2) is 5.78 Å². The lowest BCUT2D eigenvalue weighted by Gasteiger charge is -1.98. The monoisotopic (exact) mass is 204 g/mol. The second-order valence-electron chi connectivity index (χ2n) is 3.31. The fourth-order valence-corrected chi connectivity index (χ4v) is 1.13. The SMILES string of the molecule is CC(=O)c1ccc(/C=C(\C)C(=O)O)cc1. The molecule has 78 valence electrons. The van der Waals surface area contributed by atoms with E-state index in [2.05, 4.69) is 0 Å². The van der Waals surface area contributed by atoms with E-state index in [0.29, 0.717) is 5.56 Å². The smallest absolute Gasteiger partial charge is 0.331 e. The average Bonchev–Trinajstić information content (AvgIpc) is 2.18. The fraction of sp³-hybridized carbons (Fsp3) is 0.167. The molecule has 1 N–H and O–H groups in total. The zero-order chi connectivity index (χ0) is 11.4. The maximum Gasteiger partial charge on any atom is 0.331 e. The normalized spacial score (nSPS) is 11.2. The Morgan fingerprint density at radius 1 is 1.13 bits per heavy atom. The topological polar surface area (TPSA) is 54.4 Å². The molecular weight excluding hydrogens is 192 g/mol. The number of hydrogen-bond acceptors (Lipinski definition) is 2. The van der Waals surface area contributed by atoms with E-state index < -0.39 is 5.97 Å². The van der Waals surface area contributed by atoms with Crippen molar-refractivity contribution in [2.75, 3.05) is 0 Å². The number of rotatable bonds is 3. The highest BCUT2D eigenvalue weighted by atomic mass is 16.4. The van der Waals surface area contributed by atoms with Gasteiger partial charge in [-0.2, -0.15) is 0 Å². The molecule has 0 saturated carbocycles. The second kappa shape index (κ2) is 4.55. The summed E-state index contributed by atoms with van der Waals surface area (Å²) < 4.78 is 0. The molecular formula is C12H12O3. The molecule has 1 rings (SSSR count). The molecule has 0 unspecified atom stereocenters. The van der Waals surface area contributed by atoms with Crippen LogP contribution in [-0.4, -0.2) is 16.9 Å². The third-order valence-electron chi connectivity index (χ3n) is 2.04. The summed E-state index contributed by atoms with van der Waals surface area (Å²) in [7, 11) is 0. The lowest BCUT2D eigenvalue weighted by Crippen LogP contribution is -1.95. The van der Waals surface area contributed by atoms with Crippen LogP contribution >= 0.6 is 0 Å². The van der Waals surface area contributed by atoms with E-state index >= 15 is 0 Å². The van der Waals surface area contributed by atoms with E-state index in [1.54, 1.807) is 30.3 Å². The number of carboxylic acids is 1. The van der Waals surface area contributed by atoms with Crippen LogP contribution in [0.5, 0.6) is 0 Å². The van der Waals surface area contributed by atoms with Crippen LogP contribution in [0.1, 0.15) is 29.8 Å². The van der Waals surface area contributed by atoms with E-state index in [1.807, 2.05) is 0 Å². The molecule has 3 nitrogen and oxygen atoms in total. The summed E-state index contributed by atoms with van der Waals surface area (Å²) >= 11 is 0. The van der Waals surface area contributed by atoms with Gasteiger partial charge >= 0.3 is 5.97 Å². The molecule has 0 atom stereocenters. The van der Waals surface area contributed by atoms with E-state index in [4.69, 9.17) is 5.11 Å². The Labute approximate surface area is 88.0 Å². The van der Waals surface area contributed by atoms with Crippen molar-refractivity contribution < 1.29 is 14.7 Å². The highest BCUT2D eigenvalue weighted by molar-refractivity contribution is 5.94. The van der Waals surface area contributed by atoms with Crippen molar-refractivity contribution in [1.29, 1.82) is 0 Å². The van der Waals surface area contributed by atoms with Crippen LogP contribution in [0.15, 0.2) is 29.8 Å². The number of ketones is 1. The van der Waals surface area contributed by atoms with E-state index in [0.717, 1.165) is 5.56 Å². The highest BCUT2D eigenvalue weighted by Crippen LogP contribution is 2.09. The van der Waals surface area contributed by atoms with Gasteiger partial charge in [0.1, 0.15) is 0 Å². The van der Waals surface area contributed by atoms with Crippen LogP contribution in [0.4, 0.5) is 0 Å². The molecule has 0 aliphatic heterocycles. The summed E-state index contributed by atoms with van der Waals surface area (Å²) in [5.74, 6) is -0.939. The number of aliphatic carboxylic acids is 1. The van der Waals surface area contributed by atoms with Crippen molar-refractivity contribution in [3.63, 3.8) is 0 Å². The van der Waals surface area contributed by atoms with Gasteiger partial charge in [-0.1, -0.05) is 24.3 Å². The van der Waals surface area contributed by atoms with Gasteiger partial charge in [0.2, 0.25) is 0 Å². The Morgan fingerprint density at radius 2 is 1.67 bits per heavy atom. The zero-order valence-electron chi connectivity index (χ0n) is 8.65. The summed E-state index contributed by atoms with van der Waals surface area (Å²) in [5.41, 5.74) is 1.67. The van der Waals surface area contributed by atoms with Gasteiger partial charge in [-0.15, -0.1) is 0 Å². The highest BCUT2D eigenvalue weighted by Gasteiger charge is 2.01. The van der Waals surface area contributed by atoms with Gasteiger partial charge in [0.25, 0.3) is 0 Å². The zero-order valence-corrected chi connectivity index (χ0v) is 8.65. The van der Waals surface area contributed by atoms with Crippen molar-refractivity contribution in [2.45, 2.75) is 13.8 Å². The third-order valence-corrected chi connectivity index (χ3v) is 2.04. The first-order valence-corrected chi connectivity index (χ1v) is 4.53. The first-order valence-electron chi connectivity index (χ1n) is 4.53. The maximum absolute atomic E-state index is 11.0. The van der Waals surface area contributed by atoms with Crippen LogP contribution in [0, 0.1) is 0 Å². The molecule has 0 amide bonds. The van der Waals surface area contributed by atoms with Crippen LogP contribution in [0.3, 0.4) is 0 Å². The predicted molar refractivity (Wildman–Crippen MR) is 57.7 cm³/mol. The van der Waals surface area contributed by atoms with Gasteiger partial charge in [-0.3, -0.25) is 4.79 Å². The van der Waals surface area contributed by atoms with Crippen LogP contribution < -0.4 is 0 Å². The summed E-state index contributed by atoms with van der Waals surface area (Å²) in [4.78, 5) is 21.5. The lowest BCUT2D eigenvalue weighted by atomic mass is 10.1. The number of hydrogen-bond donors (Lipinski definition) is 1. The van der Waals surface area contributed by atoms with Crippen molar-refractivity contribution in [2.24, 2.45) is 0 Å².